The van der Waals surface area contributed by atoms with Crippen LogP contribution in [0.15, 0.2) is 49.4 Å². The Bertz CT molecular complexity index is 1670. The fraction of sp³-hybridized carbons (Fsp3) is 0.400. The van der Waals surface area contributed by atoms with Gasteiger partial charge >= 0.3 is 11.3 Å². The summed E-state index contributed by atoms with van der Waals surface area (Å²) in [7, 11) is 0. The molecular formula is C25H27N5O8. The minimum atomic E-state index is -1.29. The van der Waals surface area contributed by atoms with Crippen LogP contribution in [-0.2, 0) is 17.8 Å². The lowest BCUT2D eigenvalue weighted by atomic mass is 10.0. The van der Waals surface area contributed by atoms with Gasteiger partial charge in [-0.25, -0.2) is 14.3 Å². The number of aryl methyl sites for hydroxylation is 2. The van der Waals surface area contributed by atoms with E-state index in [9.17, 15) is 24.6 Å². The Morgan fingerprint density at radius 3 is 2.71 bits per heavy atom. The number of nitrogens with one attached hydrogen (secondary N) is 1. The standard InChI is InChI=1S/C25H27N5O8/c1-4-16-13(3)17-6-5-15(7-18(17)38-24(16)34)36-11-14-9-30(28-27-14)20-19(10-31)37-23(21(20)32)29-8-12(2)22(33)26-25(29)35/h5-9,19-21,23,31-32H,4,10-11H2,1-3H3,(H,26,33,35)/t19-,20-,21-,23-/m1/s1. The van der Waals surface area contributed by atoms with Crippen molar-refractivity contribution >= 4 is 11.0 Å². The van der Waals surface area contributed by atoms with E-state index in [-0.39, 0.29) is 17.8 Å². The molecule has 4 heterocycles. The van der Waals surface area contributed by atoms with Crippen LogP contribution in [0.2, 0.25) is 0 Å². The van der Waals surface area contributed by atoms with Crippen LogP contribution in [0.3, 0.4) is 0 Å². The van der Waals surface area contributed by atoms with Crippen LogP contribution in [0.1, 0.15) is 41.6 Å². The Morgan fingerprint density at radius 1 is 1.18 bits per heavy atom. The van der Waals surface area contributed by atoms with Gasteiger partial charge in [-0.1, -0.05) is 12.1 Å². The zero-order valence-electron chi connectivity index (χ0n) is 21.0. The van der Waals surface area contributed by atoms with Gasteiger partial charge in [0.2, 0.25) is 0 Å². The normalized spacial score (nSPS) is 21.3. The molecule has 0 aliphatic carbocycles. The molecule has 0 unspecified atom stereocenters. The summed E-state index contributed by atoms with van der Waals surface area (Å²) in [6.07, 6.45) is 0.0743. The molecule has 1 fully saturated rings. The number of rotatable bonds is 7. The Balaban J connectivity index is 1.34. The monoisotopic (exact) mass is 525 g/mol. The third kappa shape index (κ3) is 4.44. The second kappa shape index (κ2) is 10.0. The van der Waals surface area contributed by atoms with Crippen molar-refractivity contribution in [2.24, 2.45) is 0 Å². The number of aromatic nitrogens is 5. The molecule has 1 aliphatic heterocycles. The quantitative estimate of drug-likeness (QED) is 0.288. The molecule has 0 bridgehead atoms. The van der Waals surface area contributed by atoms with E-state index in [0.29, 0.717) is 29.0 Å². The van der Waals surface area contributed by atoms with Crippen molar-refractivity contribution in [1.29, 1.82) is 0 Å². The maximum atomic E-state index is 12.3. The predicted molar refractivity (Wildman–Crippen MR) is 133 cm³/mol. The molecule has 0 saturated carbocycles. The van der Waals surface area contributed by atoms with Crippen molar-refractivity contribution in [2.45, 2.75) is 58.3 Å². The summed E-state index contributed by atoms with van der Waals surface area (Å²) < 4.78 is 19.5. The van der Waals surface area contributed by atoms with Crippen LogP contribution >= 0.6 is 0 Å². The van der Waals surface area contributed by atoms with Crippen LogP contribution < -0.4 is 21.6 Å². The molecule has 1 saturated heterocycles. The van der Waals surface area contributed by atoms with Crippen LogP contribution in [-0.4, -0.2) is 53.6 Å². The van der Waals surface area contributed by atoms with Gasteiger partial charge in [-0.15, -0.1) is 5.10 Å². The van der Waals surface area contributed by atoms with E-state index in [0.717, 1.165) is 15.5 Å². The van der Waals surface area contributed by atoms with Gasteiger partial charge in [0, 0.05) is 28.8 Å². The van der Waals surface area contributed by atoms with Crippen LogP contribution in [0.4, 0.5) is 0 Å². The molecule has 1 aliphatic rings. The zero-order valence-corrected chi connectivity index (χ0v) is 21.0. The fourth-order valence-corrected chi connectivity index (χ4v) is 4.77. The average molecular weight is 526 g/mol. The van der Waals surface area contributed by atoms with Gasteiger partial charge in [0.05, 0.1) is 12.8 Å². The van der Waals surface area contributed by atoms with Crippen LogP contribution in [0.5, 0.6) is 5.75 Å². The van der Waals surface area contributed by atoms with Gasteiger partial charge in [-0.05, 0) is 38.0 Å². The maximum absolute atomic E-state index is 12.3. The molecule has 38 heavy (non-hydrogen) atoms. The van der Waals surface area contributed by atoms with Gasteiger partial charge in [-0.2, -0.15) is 0 Å². The van der Waals surface area contributed by atoms with E-state index >= 15 is 0 Å². The first-order valence-corrected chi connectivity index (χ1v) is 12.1. The molecule has 4 aromatic rings. The van der Waals surface area contributed by atoms with Crippen molar-refractivity contribution in [2.75, 3.05) is 6.61 Å². The number of nitrogens with zero attached hydrogens (tertiary/aromatic N) is 4. The average Bonchev–Trinajstić information content (AvgIpc) is 3.48. The third-order valence-electron chi connectivity index (χ3n) is 6.80. The van der Waals surface area contributed by atoms with E-state index in [1.807, 2.05) is 19.9 Å². The van der Waals surface area contributed by atoms with Crippen molar-refractivity contribution in [3.05, 3.63) is 84.2 Å². The van der Waals surface area contributed by atoms with Gasteiger partial charge in [0.15, 0.2) is 6.23 Å². The number of H-pyrrole nitrogens is 1. The number of benzene rings is 1. The van der Waals surface area contributed by atoms with Crippen molar-refractivity contribution < 1.29 is 24.1 Å². The zero-order chi connectivity index (χ0) is 27.1. The fourth-order valence-electron chi connectivity index (χ4n) is 4.77. The van der Waals surface area contributed by atoms with Crippen molar-refractivity contribution in [1.82, 2.24) is 24.5 Å². The molecule has 3 N–H and O–H groups in total. The lowest BCUT2D eigenvalue weighted by molar-refractivity contribution is -0.0536. The summed E-state index contributed by atoms with van der Waals surface area (Å²) in [6.45, 7) is 4.88. The van der Waals surface area contributed by atoms with E-state index in [4.69, 9.17) is 13.9 Å². The predicted octanol–water partition coefficient (Wildman–Crippen LogP) is 0.485. The van der Waals surface area contributed by atoms with E-state index in [1.165, 1.54) is 17.8 Å². The van der Waals surface area contributed by atoms with Gasteiger partial charge in [-0.3, -0.25) is 14.3 Å². The Kier molecular flexibility index (Phi) is 6.73. The van der Waals surface area contributed by atoms with E-state index in [2.05, 4.69) is 15.3 Å². The van der Waals surface area contributed by atoms with Crippen LogP contribution in [0.25, 0.3) is 11.0 Å². The first kappa shape index (κ1) is 25.6. The van der Waals surface area contributed by atoms with Crippen molar-refractivity contribution in [3.8, 4) is 5.75 Å². The van der Waals surface area contributed by atoms with Gasteiger partial charge in [0.25, 0.3) is 5.56 Å². The number of fused-ring (bicyclic) bond motifs is 1. The molecule has 13 nitrogen and oxygen atoms in total. The summed E-state index contributed by atoms with van der Waals surface area (Å²) in [6, 6.07) is 4.37. The summed E-state index contributed by atoms with van der Waals surface area (Å²) in [5.74, 6) is 0.462. The van der Waals surface area contributed by atoms with E-state index < -0.39 is 42.3 Å². The highest BCUT2D eigenvalue weighted by molar-refractivity contribution is 5.82. The minimum absolute atomic E-state index is 0.0250. The van der Waals surface area contributed by atoms with Gasteiger partial charge in [0.1, 0.15) is 41.9 Å². The molecule has 4 atom stereocenters. The smallest absolute Gasteiger partial charge is 0.339 e. The second-order valence-electron chi connectivity index (χ2n) is 9.19. The summed E-state index contributed by atoms with van der Waals surface area (Å²) in [5.41, 5.74) is 0.970. The minimum Gasteiger partial charge on any atom is -0.487 e. The topological polar surface area (TPSA) is 175 Å². The number of aromatic amines is 1. The molecule has 1 aromatic carbocycles. The van der Waals surface area contributed by atoms with Crippen molar-refractivity contribution in [3.63, 3.8) is 0 Å². The molecule has 0 spiro atoms. The highest BCUT2D eigenvalue weighted by Crippen LogP contribution is 2.36. The first-order chi connectivity index (χ1) is 18.2. The number of ether oxygens (including phenoxy) is 2. The molecule has 5 rings (SSSR count). The number of aliphatic hydroxyl groups is 2. The number of hydrogen-bond donors (Lipinski definition) is 3. The maximum Gasteiger partial charge on any atom is 0.339 e. The molecule has 13 heteroatoms. The molecule has 0 radical (unpaired) electrons. The first-order valence-electron chi connectivity index (χ1n) is 12.1. The Labute approximate surface area is 214 Å². The Morgan fingerprint density at radius 2 is 1.97 bits per heavy atom. The summed E-state index contributed by atoms with van der Waals surface area (Å²) in [4.78, 5) is 38.4. The third-order valence-corrected chi connectivity index (χ3v) is 6.80. The lowest BCUT2D eigenvalue weighted by Crippen LogP contribution is -2.37. The summed E-state index contributed by atoms with van der Waals surface area (Å²) >= 11 is 0. The number of aliphatic hydroxyl groups excluding tert-OH is 2. The molecule has 0 amide bonds. The SMILES string of the molecule is CCc1c(C)c2ccc(OCc3cn([C@H]4[C@@H](O)[C@H](n5cc(C)c(=O)[nH]c5=O)O[C@@H]4CO)nn3)cc2oc1=O. The van der Waals surface area contributed by atoms with Gasteiger partial charge < -0.3 is 24.1 Å². The Hall–Kier alpha value is -4.07. The largest absolute Gasteiger partial charge is 0.487 e. The lowest BCUT2D eigenvalue weighted by Gasteiger charge is -2.19. The van der Waals surface area contributed by atoms with Crippen LogP contribution in [0, 0.1) is 13.8 Å². The highest BCUT2D eigenvalue weighted by atomic mass is 16.5. The molecule has 200 valence electrons. The van der Waals surface area contributed by atoms with E-state index in [1.54, 1.807) is 18.3 Å². The second-order valence-corrected chi connectivity index (χ2v) is 9.19. The number of hydrogen-bond acceptors (Lipinski definition) is 10. The molecular weight excluding hydrogens is 498 g/mol. The molecule has 3 aromatic heterocycles. The summed E-state index contributed by atoms with van der Waals surface area (Å²) in [5, 5.41) is 29.8. The highest BCUT2D eigenvalue weighted by Gasteiger charge is 2.46.